The summed E-state index contributed by atoms with van der Waals surface area (Å²) in [5.74, 6) is -3.26. The molecule has 0 spiro atoms. The van der Waals surface area contributed by atoms with Gasteiger partial charge in [0.2, 0.25) is 17.7 Å². The minimum Gasteiger partial charge on any atom is -0.385 e. The zero-order valence-corrected chi connectivity index (χ0v) is 37.3. The predicted molar refractivity (Wildman–Crippen MR) is 245 cm³/mol. The molecule has 4 aliphatic rings. The molecular formula is C49H54F2N10O6. The lowest BCUT2D eigenvalue weighted by molar-refractivity contribution is -0.136. The van der Waals surface area contributed by atoms with Crippen LogP contribution in [0.25, 0.3) is 33.4 Å². The predicted octanol–water partition coefficient (Wildman–Crippen LogP) is 5.49. The molecule has 1 unspecified atom stereocenters. The van der Waals surface area contributed by atoms with Crippen molar-refractivity contribution in [3.05, 3.63) is 95.4 Å². The Morgan fingerprint density at radius 1 is 0.791 bits per heavy atom. The maximum absolute atomic E-state index is 15.4. The minimum atomic E-state index is -0.990. The Morgan fingerprint density at radius 2 is 1.54 bits per heavy atom. The summed E-state index contributed by atoms with van der Waals surface area (Å²) in [5, 5.41) is 13.3. The van der Waals surface area contributed by atoms with Gasteiger partial charge in [-0.3, -0.25) is 53.7 Å². The van der Waals surface area contributed by atoms with E-state index in [2.05, 4.69) is 30.9 Å². The number of hydrogen-bond donors (Lipinski definition) is 3. The van der Waals surface area contributed by atoms with Crippen LogP contribution in [-0.4, -0.2) is 129 Å². The number of rotatable bonds is 17. The Balaban J connectivity index is 0.675. The van der Waals surface area contributed by atoms with Crippen LogP contribution in [0.3, 0.4) is 0 Å². The van der Waals surface area contributed by atoms with Crippen molar-refractivity contribution in [2.24, 2.45) is 0 Å². The molecule has 350 valence electrons. The van der Waals surface area contributed by atoms with E-state index in [1.165, 1.54) is 12.1 Å². The molecule has 1 atom stereocenters. The minimum absolute atomic E-state index is 0.0161. The SMILES string of the molecule is O=C(CN1CCC(n2cc(-c3cnc4cccc(-c5cc(F)c(CN6CCOCC6)c(F)c5)c4n3)cn2)CC1)NCCCCCCCNc1ccc2c(c1)C(=O)N(C1CCC(=O)NC1=O)C2=O. The number of aromatic nitrogens is 4. The van der Waals surface area contributed by atoms with Crippen LogP contribution in [0.4, 0.5) is 14.5 Å². The van der Waals surface area contributed by atoms with Crippen molar-refractivity contribution in [3.8, 4) is 22.4 Å². The Morgan fingerprint density at radius 3 is 2.31 bits per heavy atom. The van der Waals surface area contributed by atoms with Gasteiger partial charge < -0.3 is 15.4 Å². The summed E-state index contributed by atoms with van der Waals surface area (Å²) in [6.45, 7) is 5.71. The van der Waals surface area contributed by atoms with Gasteiger partial charge in [0.05, 0.1) is 66.0 Å². The van der Waals surface area contributed by atoms with Crippen LogP contribution >= 0.6 is 0 Å². The Hall–Kier alpha value is -6.50. The van der Waals surface area contributed by atoms with Crippen molar-refractivity contribution >= 4 is 46.3 Å². The summed E-state index contributed by atoms with van der Waals surface area (Å²) in [5.41, 5.74) is 4.81. The van der Waals surface area contributed by atoms with Gasteiger partial charge in [0, 0.05) is 80.8 Å². The molecule has 5 aromatic rings. The zero-order chi connectivity index (χ0) is 46.4. The van der Waals surface area contributed by atoms with Crippen LogP contribution in [0.2, 0.25) is 0 Å². The molecular weight excluding hydrogens is 863 g/mol. The van der Waals surface area contributed by atoms with Gasteiger partial charge in [0.1, 0.15) is 17.7 Å². The molecule has 0 bridgehead atoms. The Labute approximate surface area is 386 Å². The quantitative estimate of drug-likeness (QED) is 0.0790. The highest BCUT2D eigenvalue weighted by Crippen LogP contribution is 2.33. The molecule has 0 saturated carbocycles. The number of anilines is 1. The second-order valence-electron chi connectivity index (χ2n) is 17.7. The van der Waals surface area contributed by atoms with Crippen molar-refractivity contribution in [2.75, 3.05) is 64.3 Å². The number of nitrogens with zero attached hydrogens (tertiary/aromatic N) is 7. The number of nitrogens with one attached hydrogen (secondary N) is 3. The van der Waals surface area contributed by atoms with Crippen LogP contribution in [0.1, 0.15) is 90.1 Å². The van der Waals surface area contributed by atoms with Gasteiger partial charge >= 0.3 is 0 Å². The summed E-state index contributed by atoms with van der Waals surface area (Å²) < 4.78 is 38.1. The highest BCUT2D eigenvalue weighted by atomic mass is 19.1. The van der Waals surface area contributed by atoms with Crippen LogP contribution in [-0.2, 0) is 25.7 Å². The fourth-order valence-electron chi connectivity index (χ4n) is 9.39. The third-order valence-electron chi connectivity index (χ3n) is 13.2. The molecule has 3 N–H and O–H groups in total. The first kappa shape index (κ1) is 45.6. The molecule has 5 amide bonds. The van der Waals surface area contributed by atoms with Crippen molar-refractivity contribution in [1.29, 1.82) is 0 Å². The summed E-state index contributed by atoms with van der Waals surface area (Å²) in [6, 6.07) is 12.4. The molecule has 6 heterocycles. The topological polar surface area (TPSA) is 184 Å². The lowest BCUT2D eigenvalue weighted by Gasteiger charge is -2.31. The summed E-state index contributed by atoms with van der Waals surface area (Å²) in [7, 11) is 0. The lowest BCUT2D eigenvalue weighted by Crippen LogP contribution is -2.54. The maximum Gasteiger partial charge on any atom is 0.262 e. The smallest absolute Gasteiger partial charge is 0.262 e. The number of likely N-dealkylation sites (tertiary alicyclic amines) is 1. The Kier molecular flexibility index (Phi) is 14.0. The monoisotopic (exact) mass is 916 g/mol. The van der Waals surface area contributed by atoms with Crippen molar-refractivity contribution < 1.29 is 37.5 Å². The van der Waals surface area contributed by atoms with E-state index in [9.17, 15) is 24.0 Å². The number of ether oxygens (including phenoxy) is 1. The van der Waals surface area contributed by atoms with E-state index >= 15 is 8.78 Å². The third kappa shape index (κ3) is 10.4. The molecule has 9 rings (SSSR count). The lowest BCUT2D eigenvalue weighted by atomic mass is 10.0. The van der Waals surface area contributed by atoms with Crippen LogP contribution in [0.15, 0.2) is 67.1 Å². The van der Waals surface area contributed by atoms with Gasteiger partial charge in [-0.25, -0.2) is 13.8 Å². The van der Waals surface area contributed by atoms with E-state index in [4.69, 9.17) is 9.72 Å². The molecule has 4 aliphatic heterocycles. The van der Waals surface area contributed by atoms with Gasteiger partial charge in [-0.1, -0.05) is 31.4 Å². The number of para-hydroxylation sites is 1. The van der Waals surface area contributed by atoms with E-state index < -0.39 is 41.3 Å². The number of hydrogen-bond acceptors (Lipinski definition) is 12. The molecule has 67 heavy (non-hydrogen) atoms. The second kappa shape index (κ2) is 20.6. The van der Waals surface area contributed by atoms with E-state index in [1.807, 2.05) is 27.9 Å². The number of unbranched alkanes of at least 4 members (excludes halogenated alkanes) is 4. The van der Waals surface area contributed by atoms with Crippen molar-refractivity contribution in [3.63, 3.8) is 0 Å². The number of carbonyl (C=O) groups is 5. The van der Waals surface area contributed by atoms with E-state index in [0.717, 1.165) is 68.5 Å². The van der Waals surface area contributed by atoms with Gasteiger partial charge in [0.25, 0.3) is 11.8 Å². The highest BCUT2D eigenvalue weighted by Gasteiger charge is 2.44. The summed E-state index contributed by atoms with van der Waals surface area (Å²) in [6.07, 6.45) is 12.1. The van der Waals surface area contributed by atoms with Gasteiger partial charge in [0.15, 0.2) is 0 Å². The first-order chi connectivity index (χ1) is 32.6. The largest absolute Gasteiger partial charge is 0.385 e. The number of amides is 5. The number of morpholine rings is 1. The molecule has 0 aliphatic carbocycles. The Bertz CT molecular complexity index is 2660. The molecule has 3 fully saturated rings. The molecule has 0 radical (unpaired) electrons. The average Bonchev–Trinajstić information content (AvgIpc) is 3.92. The first-order valence-corrected chi connectivity index (χ1v) is 23.3. The summed E-state index contributed by atoms with van der Waals surface area (Å²) in [4.78, 5) is 77.4. The molecule has 2 aromatic heterocycles. The van der Waals surface area contributed by atoms with E-state index in [0.29, 0.717) is 79.5 Å². The number of fused-ring (bicyclic) bond motifs is 2. The first-order valence-electron chi connectivity index (χ1n) is 23.3. The molecule has 16 nitrogen and oxygen atoms in total. The van der Waals surface area contributed by atoms with Crippen LogP contribution < -0.4 is 16.0 Å². The number of imide groups is 2. The molecule has 3 aromatic carbocycles. The number of halogens is 2. The number of piperidine rings is 2. The highest BCUT2D eigenvalue weighted by molar-refractivity contribution is 6.23. The number of carbonyl (C=O) groups excluding carboxylic acids is 5. The van der Waals surface area contributed by atoms with Gasteiger partial charge in [-0.05, 0) is 74.1 Å². The normalized spacial score (nSPS) is 18.4. The van der Waals surface area contributed by atoms with E-state index in [-0.39, 0.29) is 48.0 Å². The van der Waals surface area contributed by atoms with Crippen LogP contribution in [0, 0.1) is 11.6 Å². The number of benzene rings is 3. The van der Waals surface area contributed by atoms with Crippen molar-refractivity contribution in [2.45, 2.75) is 76.4 Å². The summed E-state index contributed by atoms with van der Waals surface area (Å²) >= 11 is 0. The fraction of sp³-hybridized carbons (Fsp3) is 0.429. The fourth-order valence-corrected chi connectivity index (χ4v) is 9.39. The van der Waals surface area contributed by atoms with Crippen LogP contribution in [0.5, 0.6) is 0 Å². The van der Waals surface area contributed by atoms with Crippen molar-refractivity contribution in [1.82, 2.24) is 45.1 Å². The zero-order valence-electron chi connectivity index (χ0n) is 37.3. The standard InChI is InChI=1S/C49H54F2N10O6/c50-39-23-31(24-40(51)38(39)29-59-19-21-67-22-20-59)35-7-6-8-41-46(35)56-42(27-54-41)32-26-55-60(28-32)34-13-17-58(18-14-34)30-45(63)53-16-5-3-1-2-4-15-52-33-9-10-36-37(25-33)49(66)61(48(36)65)43-11-12-44(62)57-47(43)64/h6-10,23-28,34,43,52H,1-5,11-22,29-30H2,(H,53,63)(H,57,62,64). The van der Waals surface area contributed by atoms with Gasteiger partial charge in [-0.2, -0.15) is 5.10 Å². The molecule has 3 saturated heterocycles. The van der Waals surface area contributed by atoms with E-state index in [1.54, 1.807) is 36.7 Å². The molecule has 18 heteroatoms. The average molecular weight is 917 g/mol. The maximum atomic E-state index is 15.4. The third-order valence-corrected chi connectivity index (χ3v) is 13.2. The van der Waals surface area contributed by atoms with Gasteiger partial charge in [-0.15, -0.1) is 0 Å². The second-order valence-corrected chi connectivity index (χ2v) is 17.7.